The molecule has 0 unspecified atom stereocenters. The number of hydrogen-bond acceptors (Lipinski definition) is 3. The van der Waals surface area contributed by atoms with Gasteiger partial charge in [-0.1, -0.05) is 19.1 Å². The van der Waals surface area contributed by atoms with E-state index in [-0.39, 0.29) is 17.7 Å². The van der Waals surface area contributed by atoms with E-state index >= 15 is 0 Å². The molecule has 0 saturated heterocycles. The summed E-state index contributed by atoms with van der Waals surface area (Å²) in [5.41, 5.74) is 2.83. The fourth-order valence-electron chi connectivity index (χ4n) is 5.09. The standard InChI is InChI=1S/C28H15F6N3/c1-2-14(7-8-35)25-17-5-3-15(27(29,30)31)9-19(17)21-12-24-22(11-23(21)25)20-10-16(28(32,33)34)4-6-18(20)26(24)37-13-36/h3-6,9-12H,2,7H2,1H3/b25-14+,37-26?. The Morgan fingerprint density at radius 3 is 1.76 bits per heavy atom. The highest BCUT2D eigenvalue weighted by molar-refractivity contribution is 6.26. The van der Waals surface area contributed by atoms with Crippen molar-refractivity contribution < 1.29 is 26.3 Å². The number of fused-ring (bicyclic) bond motifs is 6. The number of nitriles is 2. The van der Waals surface area contributed by atoms with E-state index in [9.17, 15) is 36.9 Å². The van der Waals surface area contributed by atoms with Gasteiger partial charge in [0, 0.05) is 11.1 Å². The molecular weight excluding hydrogens is 492 g/mol. The monoisotopic (exact) mass is 507 g/mol. The number of benzene rings is 3. The normalized spacial score (nSPS) is 16.0. The predicted octanol–water partition coefficient (Wildman–Crippen LogP) is 8.13. The number of rotatable bonds is 2. The van der Waals surface area contributed by atoms with E-state index in [0.29, 0.717) is 56.5 Å². The molecule has 0 radical (unpaired) electrons. The van der Waals surface area contributed by atoms with Gasteiger partial charge in [-0.2, -0.15) is 41.9 Å². The van der Waals surface area contributed by atoms with E-state index < -0.39 is 23.5 Å². The van der Waals surface area contributed by atoms with Gasteiger partial charge >= 0.3 is 12.4 Å². The van der Waals surface area contributed by atoms with Gasteiger partial charge in [-0.3, -0.25) is 0 Å². The second kappa shape index (κ2) is 8.35. The molecule has 0 fully saturated rings. The molecule has 2 aliphatic rings. The Labute approximate surface area is 207 Å². The van der Waals surface area contributed by atoms with Crippen molar-refractivity contribution in [3.63, 3.8) is 0 Å². The molecule has 0 bridgehead atoms. The molecular formula is C28H15F6N3. The Balaban J connectivity index is 1.86. The predicted molar refractivity (Wildman–Crippen MR) is 125 cm³/mol. The first kappa shape index (κ1) is 24.3. The lowest BCUT2D eigenvalue weighted by Gasteiger charge is -2.12. The third-order valence-electron chi connectivity index (χ3n) is 6.72. The first-order valence-electron chi connectivity index (χ1n) is 11.2. The summed E-state index contributed by atoms with van der Waals surface area (Å²) in [7, 11) is 0. The van der Waals surface area contributed by atoms with Gasteiger partial charge in [0.25, 0.3) is 0 Å². The highest BCUT2D eigenvalue weighted by Gasteiger charge is 2.37. The van der Waals surface area contributed by atoms with Crippen molar-refractivity contribution in [3.05, 3.63) is 87.5 Å². The molecule has 0 saturated carbocycles. The van der Waals surface area contributed by atoms with Crippen LogP contribution in [-0.4, -0.2) is 5.71 Å². The summed E-state index contributed by atoms with van der Waals surface area (Å²) in [5, 5.41) is 18.6. The molecule has 3 nitrogen and oxygen atoms in total. The fraction of sp³-hybridized carbons (Fsp3) is 0.179. The quantitative estimate of drug-likeness (QED) is 0.179. The molecule has 184 valence electrons. The minimum Gasteiger partial charge on any atom is -0.198 e. The highest BCUT2D eigenvalue weighted by Crippen LogP contribution is 2.52. The molecule has 9 heteroatoms. The number of halogens is 6. The molecule has 2 aliphatic carbocycles. The molecule has 0 aromatic heterocycles. The summed E-state index contributed by atoms with van der Waals surface area (Å²) in [4.78, 5) is 3.84. The average molecular weight is 507 g/mol. The minimum absolute atomic E-state index is 0.0404. The van der Waals surface area contributed by atoms with Gasteiger partial charge in [-0.25, -0.2) is 0 Å². The van der Waals surface area contributed by atoms with Crippen LogP contribution in [0.2, 0.25) is 0 Å². The second-order valence-corrected chi connectivity index (χ2v) is 8.69. The SMILES string of the molecule is CC/C(CC#N)=C1/c2ccc(C(F)(F)F)cc2-c2cc3c(cc21)-c1cc(C(F)(F)F)ccc1C3=NC#N. The van der Waals surface area contributed by atoms with Gasteiger partial charge in [-0.15, -0.1) is 0 Å². The first-order chi connectivity index (χ1) is 17.5. The smallest absolute Gasteiger partial charge is 0.198 e. The van der Waals surface area contributed by atoms with Crippen molar-refractivity contribution >= 4 is 11.3 Å². The van der Waals surface area contributed by atoms with E-state index in [2.05, 4.69) is 11.1 Å². The molecule has 3 aromatic rings. The Morgan fingerprint density at radius 2 is 1.22 bits per heavy atom. The average Bonchev–Trinajstić information content (AvgIpc) is 3.32. The van der Waals surface area contributed by atoms with Gasteiger partial charge in [-0.05, 0) is 87.3 Å². The molecule has 0 atom stereocenters. The van der Waals surface area contributed by atoms with Gasteiger partial charge < -0.3 is 0 Å². The molecule has 0 spiro atoms. The number of aliphatic imine (C=N–C) groups is 1. The van der Waals surface area contributed by atoms with Crippen LogP contribution >= 0.6 is 0 Å². The molecule has 37 heavy (non-hydrogen) atoms. The lowest BCUT2D eigenvalue weighted by Crippen LogP contribution is -2.05. The largest absolute Gasteiger partial charge is 0.416 e. The summed E-state index contributed by atoms with van der Waals surface area (Å²) in [6.07, 6.45) is -7.01. The first-order valence-corrected chi connectivity index (χ1v) is 11.2. The lowest BCUT2D eigenvalue weighted by molar-refractivity contribution is -0.138. The van der Waals surface area contributed by atoms with Crippen molar-refractivity contribution in [2.75, 3.05) is 0 Å². The maximum Gasteiger partial charge on any atom is 0.416 e. The molecule has 0 amide bonds. The summed E-state index contributed by atoms with van der Waals surface area (Å²) in [5.74, 6) is 0. The van der Waals surface area contributed by atoms with Crippen molar-refractivity contribution in [1.29, 1.82) is 10.5 Å². The van der Waals surface area contributed by atoms with E-state index in [4.69, 9.17) is 0 Å². The van der Waals surface area contributed by atoms with Gasteiger partial charge in [0.1, 0.15) is 0 Å². The summed E-state index contributed by atoms with van der Waals surface area (Å²) in [6.45, 7) is 1.83. The van der Waals surface area contributed by atoms with Crippen LogP contribution in [0.25, 0.3) is 27.8 Å². The molecule has 0 heterocycles. The number of alkyl halides is 6. The maximum atomic E-state index is 13.6. The van der Waals surface area contributed by atoms with E-state index in [1.165, 1.54) is 12.1 Å². The van der Waals surface area contributed by atoms with Crippen molar-refractivity contribution in [1.82, 2.24) is 0 Å². The van der Waals surface area contributed by atoms with Crippen LogP contribution in [-0.2, 0) is 12.4 Å². The third kappa shape index (κ3) is 3.79. The second-order valence-electron chi connectivity index (χ2n) is 8.69. The van der Waals surface area contributed by atoms with Crippen molar-refractivity contribution in [3.8, 4) is 34.5 Å². The zero-order valence-electron chi connectivity index (χ0n) is 19.1. The summed E-state index contributed by atoms with van der Waals surface area (Å²) in [6, 6.07) is 11.8. The van der Waals surface area contributed by atoms with Crippen LogP contribution in [0.4, 0.5) is 26.3 Å². The Hall–Kier alpha value is -4.37. The van der Waals surface area contributed by atoms with Crippen LogP contribution in [0.3, 0.4) is 0 Å². The van der Waals surface area contributed by atoms with E-state index in [1.807, 2.05) is 6.92 Å². The molecule has 0 aliphatic heterocycles. The van der Waals surface area contributed by atoms with E-state index in [1.54, 1.807) is 18.3 Å². The molecule has 0 N–H and O–H groups in total. The van der Waals surface area contributed by atoms with Crippen LogP contribution < -0.4 is 0 Å². The van der Waals surface area contributed by atoms with E-state index in [0.717, 1.165) is 24.3 Å². The van der Waals surface area contributed by atoms with Crippen LogP contribution in [0.5, 0.6) is 0 Å². The summed E-state index contributed by atoms with van der Waals surface area (Å²) < 4.78 is 81.2. The number of hydrogen-bond donors (Lipinski definition) is 0. The van der Waals surface area contributed by atoms with Gasteiger partial charge in [0.2, 0.25) is 6.19 Å². The topological polar surface area (TPSA) is 59.9 Å². The lowest BCUT2D eigenvalue weighted by atomic mass is 9.92. The fourth-order valence-corrected chi connectivity index (χ4v) is 5.09. The Morgan fingerprint density at radius 1 is 0.703 bits per heavy atom. The van der Waals surface area contributed by atoms with Gasteiger partial charge in [0.15, 0.2) is 0 Å². The number of allylic oxidation sites excluding steroid dienone is 1. The zero-order chi connectivity index (χ0) is 26.7. The molecule has 5 rings (SSSR count). The Kier molecular flexibility index (Phi) is 5.49. The van der Waals surface area contributed by atoms with Crippen LogP contribution in [0.15, 0.2) is 59.1 Å². The maximum absolute atomic E-state index is 13.6. The van der Waals surface area contributed by atoms with Crippen LogP contribution in [0.1, 0.15) is 53.1 Å². The van der Waals surface area contributed by atoms with Gasteiger partial charge in [0.05, 0.1) is 29.3 Å². The zero-order valence-corrected chi connectivity index (χ0v) is 19.1. The molecule has 3 aromatic carbocycles. The van der Waals surface area contributed by atoms with Crippen LogP contribution in [0, 0.1) is 22.8 Å². The number of nitrogens with zero attached hydrogens (tertiary/aromatic N) is 3. The van der Waals surface area contributed by atoms with Crippen molar-refractivity contribution in [2.45, 2.75) is 32.1 Å². The summed E-state index contributed by atoms with van der Waals surface area (Å²) >= 11 is 0. The minimum atomic E-state index is -4.60. The van der Waals surface area contributed by atoms with Crippen molar-refractivity contribution in [2.24, 2.45) is 4.99 Å². The highest BCUT2D eigenvalue weighted by atomic mass is 19.4. The Bertz CT molecular complexity index is 1630. The third-order valence-corrected chi connectivity index (χ3v) is 6.72.